The van der Waals surface area contributed by atoms with E-state index in [1.807, 2.05) is 19.1 Å². The van der Waals surface area contributed by atoms with E-state index in [2.05, 4.69) is 4.98 Å². The van der Waals surface area contributed by atoms with Crippen LogP contribution in [0.5, 0.6) is 5.75 Å². The zero-order valence-electron chi connectivity index (χ0n) is 11.3. The van der Waals surface area contributed by atoms with Crippen molar-refractivity contribution in [1.29, 1.82) is 0 Å². The summed E-state index contributed by atoms with van der Waals surface area (Å²) in [6.45, 7) is 2.37. The van der Waals surface area contributed by atoms with Gasteiger partial charge in [0.15, 0.2) is 4.34 Å². The molecular formula is C14H14ClNO3S2. The van der Waals surface area contributed by atoms with Crippen LogP contribution in [-0.4, -0.2) is 28.4 Å². The summed E-state index contributed by atoms with van der Waals surface area (Å²) < 4.78 is 6.46. The Kier molecular flexibility index (Phi) is 5.90. The summed E-state index contributed by atoms with van der Waals surface area (Å²) in [5.41, 5.74) is 0.792. The van der Waals surface area contributed by atoms with Crippen molar-refractivity contribution >= 4 is 40.7 Å². The Labute approximate surface area is 136 Å². The van der Waals surface area contributed by atoms with Crippen molar-refractivity contribution < 1.29 is 14.6 Å². The van der Waals surface area contributed by atoms with Gasteiger partial charge in [-0.15, -0.1) is 11.3 Å². The number of carboxylic acid groups (broad SMARTS) is 1. The van der Waals surface area contributed by atoms with Crippen molar-refractivity contribution in [3.8, 4) is 5.75 Å². The third kappa shape index (κ3) is 5.22. The number of carbonyl (C=O) groups is 1. The van der Waals surface area contributed by atoms with Crippen molar-refractivity contribution in [2.45, 2.75) is 17.7 Å². The fourth-order valence-corrected chi connectivity index (χ4v) is 3.90. The Hall–Kier alpha value is -1.24. The van der Waals surface area contributed by atoms with Crippen molar-refractivity contribution in [2.75, 3.05) is 12.4 Å². The first kappa shape index (κ1) is 16.1. The van der Waals surface area contributed by atoms with E-state index in [4.69, 9.17) is 21.4 Å². The summed E-state index contributed by atoms with van der Waals surface area (Å²) in [7, 11) is 0. The standard InChI is InChI=1S/C14H14ClNO3S2/c1-9-12(8-13(17)18)21-14(16-9)20-6-5-19-11-4-2-3-10(15)7-11/h2-4,7H,5-6,8H2,1H3,(H,17,18). The molecule has 4 nitrogen and oxygen atoms in total. The number of halogens is 1. The number of ether oxygens (including phenoxy) is 1. The number of hydrogen-bond acceptors (Lipinski definition) is 5. The number of hydrogen-bond donors (Lipinski definition) is 1. The molecule has 0 aliphatic heterocycles. The molecule has 0 amide bonds. The Morgan fingerprint density at radius 1 is 1.52 bits per heavy atom. The van der Waals surface area contributed by atoms with Crippen LogP contribution in [0.2, 0.25) is 5.02 Å². The predicted octanol–water partition coefficient (Wildman–Crippen LogP) is 3.90. The third-order valence-corrected chi connectivity index (χ3v) is 5.06. The number of aliphatic carboxylic acids is 1. The molecule has 0 aliphatic rings. The molecule has 0 saturated heterocycles. The van der Waals surface area contributed by atoms with E-state index in [-0.39, 0.29) is 6.42 Å². The summed E-state index contributed by atoms with van der Waals surface area (Å²) in [6.07, 6.45) is 0.0308. The quantitative estimate of drug-likeness (QED) is 0.610. The highest BCUT2D eigenvalue weighted by Gasteiger charge is 2.11. The Morgan fingerprint density at radius 3 is 3.05 bits per heavy atom. The van der Waals surface area contributed by atoms with E-state index in [1.165, 1.54) is 11.3 Å². The maximum absolute atomic E-state index is 10.7. The van der Waals surface area contributed by atoms with Gasteiger partial charge in [0.25, 0.3) is 0 Å². The average molecular weight is 344 g/mol. The van der Waals surface area contributed by atoms with Crippen LogP contribution in [-0.2, 0) is 11.2 Å². The van der Waals surface area contributed by atoms with Gasteiger partial charge in [0, 0.05) is 15.7 Å². The van der Waals surface area contributed by atoms with E-state index in [9.17, 15) is 4.79 Å². The molecule has 1 heterocycles. The number of benzene rings is 1. The number of nitrogens with zero attached hydrogens (tertiary/aromatic N) is 1. The number of thiazole rings is 1. The van der Waals surface area contributed by atoms with Gasteiger partial charge in [-0.25, -0.2) is 4.98 Å². The molecule has 1 aromatic heterocycles. The van der Waals surface area contributed by atoms with Crippen LogP contribution in [0.4, 0.5) is 0 Å². The maximum Gasteiger partial charge on any atom is 0.308 e. The fraction of sp³-hybridized carbons (Fsp3) is 0.286. The van der Waals surface area contributed by atoms with Gasteiger partial charge in [-0.05, 0) is 25.1 Å². The molecule has 0 aliphatic carbocycles. The van der Waals surface area contributed by atoms with Crippen LogP contribution in [0.25, 0.3) is 0 Å². The molecule has 21 heavy (non-hydrogen) atoms. The van der Waals surface area contributed by atoms with E-state index < -0.39 is 5.97 Å². The molecule has 1 aromatic carbocycles. The molecule has 0 atom stereocenters. The topological polar surface area (TPSA) is 59.4 Å². The van der Waals surface area contributed by atoms with Crippen LogP contribution in [0.1, 0.15) is 10.6 Å². The summed E-state index contributed by atoms with van der Waals surface area (Å²) >= 11 is 8.87. The second kappa shape index (κ2) is 7.68. The molecule has 0 saturated carbocycles. The zero-order valence-corrected chi connectivity index (χ0v) is 13.7. The molecule has 0 spiro atoms. The first-order valence-electron chi connectivity index (χ1n) is 6.24. The largest absolute Gasteiger partial charge is 0.493 e. The lowest BCUT2D eigenvalue weighted by Crippen LogP contribution is -1.99. The molecule has 0 unspecified atom stereocenters. The van der Waals surface area contributed by atoms with Crippen molar-refractivity contribution in [2.24, 2.45) is 0 Å². The van der Waals surface area contributed by atoms with Crippen molar-refractivity contribution in [3.05, 3.63) is 39.9 Å². The van der Waals surface area contributed by atoms with Gasteiger partial charge in [0.1, 0.15) is 5.75 Å². The number of thioether (sulfide) groups is 1. The second-order valence-electron chi connectivity index (χ2n) is 4.21. The summed E-state index contributed by atoms with van der Waals surface area (Å²) in [4.78, 5) is 15.9. The minimum absolute atomic E-state index is 0.0308. The third-order valence-electron chi connectivity index (χ3n) is 2.56. The van der Waals surface area contributed by atoms with Gasteiger partial charge in [0.05, 0.1) is 18.7 Å². The van der Waals surface area contributed by atoms with E-state index >= 15 is 0 Å². The monoisotopic (exact) mass is 343 g/mol. The van der Waals surface area contributed by atoms with Gasteiger partial charge < -0.3 is 9.84 Å². The number of aryl methyl sites for hydroxylation is 1. The summed E-state index contributed by atoms with van der Waals surface area (Å²) in [6, 6.07) is 7.26. The van der Waals surface area contributed by atoms with Gasteiger partial charge in [-0.3, -0.25) is 4.79 Å². The Bertz CT molecular complexity index is 630. The zero-order chi connectivity index (χ0) is 15.2. The molecular weight excluding hydrogens is 330 g/mol. The summed E-state index contributed by atoms with van der Waals surface area (Å²) in [5.74, 6) is 0.652. The fourth-order valence-electron chi connectivity index (χ4n) is 1.61. The van der Waals surface area contributed by atoms with E-state index in [1.54, 1.807) is 23.9 Å². The second-order valence-corrected chi connectivity index (χ2v) is 7.08. The highest BCUT2D eigenvalue weighted by atomic mass is 35.5. The molecule has 112 valence electrons. The molecule has 0 radical (unpaired) electrons. The first-order valence-corrected chi connectivity index (χ1v) is 8.42. The normalized spacial score (nSPS) is 10.6. The van der Waals surface area contributed by atoms with Crippen LogP contribution >= 0.6 is 34.7 Å². The number of rotatable bonds is 7. The van der Waals surface area contributed by atoms with Gasteiger partial charge in [0.2, 0.25) is 0 Å². The Morgan fingerprint density at radius 2 is 2.33 bits per heavy atom. The van der Waals surface area contributed by atoms with Gasteiger partial charge in [-0.2, -0.15) is 0 Å². The SMILES string of the molecule is Cc1nc(SCCOc2cccc(Cl)c2)sc1CC(=O)O. The highest BCUT2D eigenvalue weighted by molar-refractivity contribution is 8.01. The molecule has 0 bridgehead atoms. The smallest absolute Gasteiger partial charge is 0.308 e. The molecule has 7 heteroatoms. The van der Waals surface area contributed by atoms with E-state index in [0.29, 0.717) is 11.6 Å². The maximum atomic E-state index is 10.7. The number of aromatic nitrogens is 1. The average Bonchev–Trinajstić information content (AvgIpc) is 2.75. The molecule has 2 rings (SSSR count). The Balaban J connectivity index is 1.79. The summed E-state index contributed by atoms with van der Waals surface area (Å²) in [5, 5.41) is 9.45. The molecule has 0 fully saturated rings. The van der Waals surface area contributed by atoms with Gasteiger partial charge >= 0.3 is 5.97 Å². The highest BCUT2D eigenvalue weighted by Crippen LogP contribution is 2.27. The van der Waals surface area contributed by atoms with Crippen LogP contribution in [0.3, 0.4) is 0 Å². The van der Waals surface area contributed by atoms with Crippen LogP contribution < -0.4 is 4.74 Å². The molecule has 1 N–H and O–H groups in total. The minimum atomic E-state index is -0.831. The minimum Gasteiger partial charge on any atom is -0.493 e. The lowest BCUT2D eigenvalue weighted by molar-refractivity contribution is -0.136. The van der Waals surface area contributed by atoms with E-state index in [0.717, 1.165) is 26.4 Å². The first-order chi connectivity index (χ1) is 10.0. The number of carboxylic acids is 1. The lowest BCUT2D eigenvalue weighted by Gasteiger charge is -2.05. The van der Waals surface area contributed by atoms with Crippen molar-refractivity contribution in [3.63, 3.8) is 0 Å². The lowest BCUT2D eigenvalue weighted by atomic mass is 10.3. The predicted molar refractivity (Wildman–Crippen MR) is 85.9 cm³/mol. The van der Waals surface area contributed by atoms with Crippen LogP contribution in [0.15, 0.2) is 28.6 Å². The van der Waals surface area contributed by atoms with Crippen LogP contribution in [0, 0.1) is 6.92 Å². The van der Waals surface area contributed by atoms with Gasteiger partial charge in [-0.1, -0.05) is 29.4 Å². The van der Waals surface area contributed by atoms with Crippen molar-refractivity contribution in [1.82, 2.24) is 4.98 Å². The molecule has 2 aromatic rings.